The predicted molar refractivity (Wildman–Crippen MR) is 98.8 cm³/mol. The summed E-state index contributed by atoms with van der Waals surface area (Å²) < 4.78 is 0. The fraction of sp³-hybridized carbons (Fsp3) is 0.263. The van der Waals surface area contributed by atoms with Gasteiger partial charge in [-0.05, 0) is 50.5 Å². The molecule has 6 heteroatoms. The second kappa shape index (κ2) is 6.84. The number of pyridine rings is 2. The van der Waals surface area contributed by atoms with E-state index in [2.05, 4.69) is 30.6 Å². The van der Waals surface area contributed by atoms with Gasteiger partial charge in [0.2, 0.25) is 0 Å². The molecule has 0 atom stereocenters. The van der Waals surface area contributed by atoms with Gasteiger partial charge in [0.15, 0.2) is 5.82 Å². The van der Waals surface area contributed by atoms with Crippen LogP contribution in [-0.2, 0) is 0 Å². The second-order valence-corrected chi connectivity index (χ2v) is 6.26. The van der Waals surface area contributed by atoms with E-state index >= 15 is 0 Å². The molecule has 0 aliphatic heterocycles. The Morgan fingerprint density at radius 3 is 2.56 bits per heavy atom. The SMILES string of the molecule is Cc1ccc(Nc2cc(NC3CCC3)nc(-c3ccccn3)n2)cn1. The molecule has 3 heterocycles. The van der Waals surface area contributed by atoms with Crippen LogP contribution < -0.4 is 10.6 Å². The molecule has 4 rings (SSSR count). The van der Waals surface area contributed by atoms with Crippen LogP contribution in [0.25, 0.3) is 11.5 Å². The number of aromatic nitrogens is 4. The molecule has 1 saturated carbocycles. The van der Waals surface area contributed by atoms with Crippen molar-refractivity contribution in [1.82, 2.24) is 19.9 Å². The molecule has 0 unspecified atom stereocenters. The van der Waals surface area contributed by atoms with Crippen molar-refractivity contribution in [2.75, 3.05) is 10.6 Å². The van der Waals surface area contributed by atoms with Gasteiger partial charge in [0.05, 0.1) is 11.9 Å². The van der Waals surface area contributed by atoms with Gasteiger partial charge in [-0.15, -0.1) is 0 Å². The van der Waals surface area contributed by atoms with Crippen LogP contribution in [0, 0.1) is 6.92 Å². The molecular formula is C19H20N6. The maximum absolute atomic E-state index is 4.64. The normalized spacial score (nSPS) is 14.0. The highest BCUT2D eigenvalue weighted by atomic mass is 15.1. The summed E-state index contributed by atoms with van der Waals surface area (Å²) in [6, 6.07) is 12.1. The third-order valence-corrected chi connectivity index (χ3v) is 4.26. The van der Waals surface area contributed by atoms with Crippen molar-refractivity contribution in [2.45, 2.75) is 32.2 Å². The van der Waals surface area contributed by atoms with Crippen molar-refractivity contribution in [3.63, 3.8) is 0 Å². The average molecular weight is 332 g/mol. The smallest absolute Gasteiger partial charge is 0.182 e. The summed E-state index contributed by atoms with van der Waals surface area (Å²) in [6.07, 6.45) is 7.20. The topological polar surface area (TPSA) is 75.6 Å². The first-order chi connectivity index (χ1) is 12.3. The van der Waals surface area contributed by atoms with E-state index in [9.17, 15) is 0 Å². The number of rotatable bonds is 5. The van der Waals surface area contributed by atoms with E-state index in [-0.39, 0.29) is 0 Å². The first-order valence-corrected chi connectivity index (χ1v) is 8.53. The lowest BCUT2D eigenvalue weighted by molar-refractivity contribution is 0.444. The van der Waals surface area contributed by atoms with E-state index in [0.29, 0.717) is 11.9 Å². The van der Waals surface area contributed by atoms with Crippen LogP contribution in [0.1, 0.15) is 25.0 Å². The number of aryl methyl sites for hydroxylation is 1. The van der Waals surface area contributed by atoms with Gasteiger partial charge in [-0.25, -0.2) is 9.97 Å². The molecule has 3 aromatic rings. The van der Waals surface area contributed by atoms with Gasteiger partial charge in [0.25, 0.3) is 0 Å². The minimum absolute atomic E-state index is 0.500. The first-order valence-electron chi connectivity index (χ1n) is 8.53. The molecule has 0 amide bonds. The van der Waals surface area contributed by atoms with Crippen molar-refractivity contribution < 1.29 is 0 Å². The molecule has 25 heavy (non-hydrogen) atoms. The summed E-state index contributed by atoms with van der Waals surface area (Å²) in [6.45, 7) is 1.97. The van der Waals surface area contributed by atoms with Crippen LogP contribution in [0.15, 0.2) is 48.8 Å². The molecular weight excluding hydrogens is 312 g/mol. The molecule has 0 aromatic carbocycles. The zero-order valence-corrected chi connectivity index (χ0v) is 14.1. The van der Waals surface area contributed by atoms with E-state index in [4.69, 9.17) is 0 Å². The molecule has 2 N–H and O–H groups in total. The van der Waals surface area contributed by atoms with Gasteiger partial charge < -0.3 is 10.6 Å². The van der Waals surface area contributed by atoms with Gasteiger partial charge in [0.1, 0.15) is 17.3 Å². The molecule has 1 fully saturated rings. The van der Waals surface area contributed by atoms with Gasteiger partial charge >= 0.3 is 0 Å². The Balaban J connectivity index is 1.66. The predicted octanol–water partition coefficient (Wildman–Crippen LogP) is 3.95. The zero-order valence-electron chi connectivity index (χ0n) is 14.1. The van der Waals surface area contributed by atoms with Crippen molar-refractivity contribution in [3.05, 3.63) is 54.5 Å². The molecule has 1 aliphatic rings. The second-order valence-electron chi connectivity index (χ2n) is 6.26. The minimum Gasteiger partial charge on any atom is -0.367 e. The van der Waals surface area contributed by atoms with Crippen LogP contribution in [0.5, 0.6) is 0 Å². The summed E-state index contributed by atoms with van der Waals surface area (Å²) in [5.74, 6) is 2.15. The standard InChI is InChI=1S/C19H20N6/c1-13-8-9-15(12-21-13)23-18-11-17(22-14-5-4-6-14)24-19(25-18)16-7-2-3-10-20-16/h2-3,7-12,14H,4-6H2,1H3,(H2,22,23,24,25). The summed E-state index contributed by atoms with van der Waals surface area (Å²) in [5.41, 5.74) is 2.63. The quantitative estimate of drug-likeness (QED) is 0.737. The van der Waals surface area contributed by atoms with Crippen molar-refractivity contribution in [1.29, 1.82) is 0 Å². The molecule has 126 valence electrons. The van der Waals surface area contributed by atoms with Crippen LogP contribution in [0.2, 0.25) is 0 Å². The number of nitrogens with zero attached hydrogens (tertiary/aromatic N) is 4. The largest absolute Gasteiger partial charge is 0.367 e. The fourth-order valence-corrected chi connectivity index (χ4v) is 2.65. The highest BCUT2D eigenvalue weighted by Crippen LogP contribution is 2.26. The Kier molecular flexibility index (Phi) is 4.24. The molecule has 0 bridgehead atoms. The molecule has 3 aromatic heterocycles. The molecule has 0 spiro atoms. The number of nitrogens with one attached hydrogen (secondary N) is 2. The van der Waals surface area contributed by atoms with Crippen LogP contribution in [-0.4, -0.2) is 26.0 Å². The van der Waals surface area contributed by atoms with Crippen molar-refractivity contribution in [2.24, 2.45) is 0 Å². The van der Waals surface area contributed by atoms with E-state index in [1.807, 2.05) is 43.3 Å². The maximum atomic E-state index is 4.64. The summed E-state index contributed by atoms with van der Waals surface area (Å²) in [7, 11) is 0. The summed E-state index contributed by atoms with van der Waals surface area (Å²) in [5, 5.41) is 6.80. The van der Waals surface area contributed by atoms with Gasteiger partial charge in [-0.2, -0.15) is 0 Å². The third-order valence-electron chi connectivity index (χ3n) is 4.26. The molecule has 0 saturated heterocycles. The van der Waals surface area contributed by atoms with Gasteiger partial charge in [-0.3, -0.25) is 9.97 Å². The number of anilines is 3. The van der Waals surface area contributed by atoms with Crippen molar-refractivity contribution >= 4 is 17.3 Å². The summed E-state index contributed by atoms with van der Waals surface area (Å²) in [4.78, 5) is 17.9. The zero-order chi connectivity index (χ0) is 17.1. The summed E-state index contributed by atoms with van der Waals surface area (Å²) >= 11 is 0. The van der Waals surface area contributed by atoms with Crippen LogP contribution in [0.4, 0.5) is 17.3 Å². The highest BCUT2D eigenvalue weighted by Gasteiger charge is 2.18. The van der Waals surface area contributed by atoms with Crippen LogP contribution in [0.3, 0.4) is 0 Å². The van der Waals surface area contributed by atoms with E-state index in [0.717, 1.165) is 28.7 Å². The minimum atomic E-state index is 0.500. The number of hydrogen-bond donors (Lipinski definition) is 2. The average Bonchev–Trinajstić information content (AvgIpc) is 2.61. The monoisotopic (exact) mass is 332 g/mol. The molecule has 6 nitrogen and oxygen atoms in total. The molecule has 0 radical (unpaired) electrons. The lowest BCUT2D eigenvalue weighted by atomic mass is 9.93. The Morgan fingerprint density at radius 1 is 1.00 bits per heavy atom. The van der Waals surface area contributed by atoms with E-state index < -0.39 is 0 Å². The van der Waals surface area contributed by atoms with Crippen LogP contribution >= 0.6 is 0 Å². The Labute approximate surface area is 146 Å². The first kappa shape index (κ1) is 15.5. The Bertz CT molecular complexity index is 844. The Morgan fingerprint density at radius 2 is 1.88 bits per heavy atom. The van der Waals surface area contributed by atoms with E-state index in [1.54, 1.807) is 12.4 Å². The van der Waals surface area contributed by atoms with Gasteiger partial charge in [-0.1, -0.05) is 6.07 Å². The third kappa shape index (κ3) is 3.74. The van der Waals surface area contributed by atoms with Crippen molar-refractivity contribution in [3.8, 4) is 11.5 Å². The van der Waals surface area contributed by atoms with E-state index in [1.165, 1.54) is 19.3 Å². The molecule has 1 aliphatic carbocycles. The maximum Gasteiger partial charge on any atom is 0.182 e. The highest BCUT2D eigenvalue weighted by molar-refractivity contribution is 5.63. The van der Waals surface area contributed by atoms with Gasteiger partial charge in [0, 0.05) is 24.0 Å². The lowest BCUT2D eigenvalue weighted by Gasteiger charge is -2.27. The fourth-order valence-electron chi connectivity index (χ4n) is 2.65. The Hall–Kier alpha value is -3.02. The lowest BCUT2D eigenvalue weighted by Crippen LogP contribution is -2.27. The number of hydrogen-bond acceptors (Lipinski definition) is 6.